The molecule has 270 valence electrons. The molecule has 18 rings (SSSR count). The Morgan fingerprint density at radius 2 is 1.05 bits per heavy atom. The van der Waals surface area contributed by atoms with Crippen molar-refractivity contribution in [2.24, 2.45) is 0 Å². The predicted molar refractivity (Wildman–Crippen MR) is 234 cm³/mol. The molecule has 0 N–H and O–H groups in total. The fraction of sp³-hybridized carbons (Fsp3) is 0.0909. The zero-order valence-electron chi connectivity index (χ0n) is 31.5. The number of aromatic nitrogens is 3. The quantitative estimate of drug-likeness (QED) is 0.155. The van der Waals surface area contributed by atoms with Gasteiger partial charge in [0.15, 0.2) is 0 Å². The zero-order valence-corrected chi connectivity index (χ0v) is 31.5. The molecule has 12 aromatic rings. The molecule has 0 fully saturated rings. The van der Waals surface area contributed by atoms with E-state index < -0.39 is 0 Å². The van der Waals surface area contributed by atoms with Gasteiger partial charge in [0.05, 0.1) is 51.6 Å². The van der Waals surface area contributed by atoms with Crippen molar-refractivity contribution in [3.05, 3.63) is 219 Å². The summed E-state index contributed by atoms with van der Waals surface area (Å²) in [4.78, 5) is 11.1. The van der Waals surface area contributed by atoms with Crippen molar-refractivity contribution in [2.45, 2.75) is 29.1 Å². The summed E-state index contributed by atoms with van der Waals surface area (Å²) in [5.74, 6) is 0.649. The number of benzene rings is 7. The summed E-state index contributed by atoms with van der Waals surface area (Å²) in [5.41, 5.74) is 21.9. The Morgan fingerprint density at radius 3 is 1.76 bits per heavy atom. The maximum atomic E-state index is 7.22. The van der Waals surface area contributed by atoms with Gasteiger partial charge >= 0.3 is 0 Å². The molecule has 0 saturated heterocycles. The third-order valence-corrected chi connectivity index (χ3v) is 15.8. The van der Waals surface area contributed by atoms with E-state index in [1.54, 1.807) is 0 Å². The molecule has 5 aromatic heterocycles. The van der Waals surface area contributed by atoms with E-state index in [1.165, 1.54) is 110 Å². The van der Waals surface area contributed by atoms with Crippen LogP contribution in [0.2, 0.25) is 0 Å². The number of rotatable bonds is 0. The van der Waals surface area contributed by atoms with Gasteiger partial charge in [-0.05, 0) is 84.6 Å². The molecule has 4 nitrogen and oxygen atoms in total. The van der Waals surface area contributed by atoms with Crippen LogP contribution in [0.5, 0.6) is 0 Å². The average molecular weight is 748 g/mol. The Balaban J connectivity index is 1.08. The standard InChI is InChI=1S/C55H29N3O/c1-2-12-27-22-41-34(21-26(27)11-1)35-23-36-44-39(24-56-51-43-30-15-5-3-13-28(30)42(46(44)51)29-14-4-6-16-31(29)43)58-40-25-57-52-47(45(40)48(53(36)58)54(35)59-41)49-32-17-7-9-19-37(32)55(49)38-20-10-8-18-33(38)50(52)55/h1-25,42-43,49-50H. The van der Waals surface area contributed by atoms with Gasteiger partial charge in [-0.15, -0.1) is 0 Å². The van der Waals surface area contributed by atoms with Crippen molar-refractivity contribution >= 4 is 70.8 Å². The lowest BCUT2D eigenvalue weighted by atomic mass is 9.43. The first-order valence-corrected chi connectivity index (χ1v) is 21.0. The van der Waals surface area contributed by atoms with E-state index in [-0.39, 0.29) is 29.1 Å². The minimum Gasteiger partial charge on any atom is -0.455 e. The van der Waals surface area contributed by atoms with Crippen molar-refractivity contribution in [3.8, 4) is 0 Å². The first-order valence-electron chi connectivity index (χ1n) is 21.0. The highest BCUT2D eigenvalue weighted by Gasteiger charge is 2.70. The highest BCUT2D eigenvalue weighted by molar-refractivity contribution is 6.34. The Hall–Kier alpha value is -7.30. The normalized spacial score (nSPS) is 22.3. The highest BCUT2D eigenvalue weighted by Crippen LogP contribution is 2.77. The average Bonchev–Trinajstić information content (AvgIpc) is 3.98. The number of hydrogen-bond donors (Lipinski definition) is 0. The van der Waals surface area contributed by atoms with Crippen molar-refractivity contribution in [3.63, 3.8) is 0 Å². The lowest BCUT2D eigenvalue weighted by molar-refractivity contribution is 0.331. The van der Waals surface area contributed by atoms with Gasteiger partial charge < -0.3 is 8.82 Å². The summed E-state index contributed by atoms with van der Waals surface area (Å²) >= 11 is 0. The van der Waals surface area contributed by atoms with E-state index in [0.717, 1.165) is 27.6 Å². The monoisotopic (exact) mass is 747 g/mol. The van der Waals surface area contributed by atoms with Gasteiger partial charge in [0.1, 0.15) is 11.2 Å². The fourth-order valence-electron chi connectivity index (χ4n) is 13.9. The van der Waals surface area contributed by atoms with Crippen LogP contribution in [0.15, 0.2) is 156 Å². The van der Waals surface area contributed by atoms with Crippen molar-refractivity contribution < 1.29 is 4.42 Å². The van der Waals surface area contributed by atoms with Crippen LogP contribution >= 0.6 is 0 Å². The summed E-state index contributed by atoms with van der Waals surface area (Å²) in [5, 5.41) is 9.84. The van der Waals surface area contributed by atoms with Crippen LogP contribution in [0, 0.1) is 0 Å². The molecule has 59 heavy (non-hydrogen) atoms. The van der Waals surface area contributed by atoms with E-state index in [4.69, 9.17) is 14.4 Å². The van der Waals surface area contributed by atoms with Gasteiger partial charge in [-0.25, -0.2) is 0 Å². The molecule has 0 amide bonds. The molecular formula is C55H29N3O. The van der Waals surface area contributed by atoms with Gasteiger partial charge in [0, 0.05) is 50.1 Å². The molecule has 4 heteroatoms. The van der Waals surface area contributed by atoms with Crippen LogP contribution in [0.3, 0.4) is 0 Å². The summed E-state index contributed by atoms with van der Waals surface area (Å²) < 4.78 is 9.74. The van der Waals surface area contributed by atoms with Crippen LogP contribution in [0.1, 0.15) is 90.7 Å². The third kappa shape index (κ3) is 2.84. The first-order chi connectivity index (χ1) is 29.3. The van der Waals surface area contributed by atoms with Gasteiger partial charge in [-0.2, -0.15) is 0 Å². The lowest BCUT2D eigenvalue weighted by Gasteiger charge is -2.58. The fourth-order valence-corrected chi connectivity index (χ4v) is 13.9. The molecule has 1 spiro atoms. The summed E-state index contributed by atoms with van der Waals surface area (Å²) in [6, 6.07) is 52.2. The van der Waals surface area contributed by atoms with E-state index >= 15 is 0 Å². The second-order valence-corrected chi connectivity index (χ2v) is 17.8. The predicted octanol–water partition coefficient (Wildman–Crippen LogP) is 12.6. The SMILES string of the molecule is c1ccc2c(c1)C1c3ccccc3C2c2c1ncc1c2c2cc3c4cc5ccccc5cc4oc3c3c4c5c(ncc4n1c23)C1c2ccccc2C12c1ccccc1C52. The van der Waals surface area contributed by atoms with E-state index in [0.29, 0.717) is 0 Å². The van der Waals surface area contributed by atoms with E-state index in [1.807, 2.05) is 0 Å². The molecule has 3 unspecified atom stereocenters. The Bertz CT molecular complexity index is 3970. The molecule has 3 atom stereocenters. The minimum absolute atomic E-state index is 0.0871. The smallest absolute Gasteiger partial charge is 0.145 e. The summed E-state index contributed by atoms with van der Waals surface area (Å²) in [7, 11) is 0. The van der Waals surface area contributed by atoms with Crippen LogP contribution < -0.4 is 0 Å². The van der Waals surface area contributed by atoms with E-state index in [9.17, 15) is 0 Å². The zero-order chi connectivity index (χ0) is 37.6. The molecule has 7 aromatic carbocycles. The second kappa shape index (κ2) is 9.20. The Labute approximate surface area is 336 Å². The number of furan rings is 1. The van der Waals surface area contributed by atoms with Crippen molar-refractivity contribution in [2.75, 3.05) is 0 Å². The van der Waals surface area contributed by atoms with E-state index in [2.05, 4.69) is 156 Å². The van der Waals surface area contributed by atoms with Crippen LogP contribution in [-0.2, 0) is 5.41 Å². The number of nitrogens with zero attached hydrogens (tertiary/aromatic N) is 3. The molecule has 0 saturated carbocycles. The van der Waals surface area contributed by atoms with Gasteiger partial charge in [0.2, 0.25) is 0 Å². The number of hydrogen-bond acceptors (Lipinski definition) is 3. The van der Waals surface area contributed by atoms with Crippen molar-refractivity contribution in [1.29, 1.82) is 0 Å². The highest BCUT2D eigenvalue weighted by atomic mass is 16.3. The summed E-state index contributed by atoms with van der Waals surface area (Å²) in [6.07, 6.45) is 4.37. The minimum atomic E-state index is -0.0871. The lowest BCUT2D eigenvalue weighted by Crippen LogP contribution is -2.52. The largest absolute Gasteiger partial charge is 0.455 e. The first kappa shape index (κ1) is 29.0. The third-order valence-electron chi connectivity index (χ3n) is 15.8. The molecular weight excluding hydrogens is 719 g/mol. The van der Waals surface area contributed by atoms with Gasteiger partial charge in [0.25, 0.3) is 0 Å². The van der Waals surface area contributed by atoms with Crippen LogP contribution in [-0.4, -0.2) is 14.4 Å². The van der Waals surface area contributed by atoms with Gasteiger partial charge in [-0.1, -0.05) is 121 Å². The Kier molecular flexibility index (Phi) is 4.52. The molecule has 0 aliphatic heterocycles. The molecule has 2 bridgehead atoms. The summed E-state index contributed by atoms with van der Waals surface area (Å²) in [6.45, 7) is 0. The second-order valence-electron chi connectivity index (χ2n) is 17.8. The Morgan fingerprint density at radius 1 is 0.475 bits per heavy atom. The number of pyridine rings is 2. The molecule has 6 aliphatic rings. The topological polar surface area (TPSA) is 43.3 Å². The van der Waals surface area contributed by atoms with Crippen LogP contribution in [0.25, 0.3) is 70.8 Å². The van der Waals surface area contributed by atoms with Crippen LogP contribution in [0.4, 0.5) is 0 Å². The van der Waals surface area contributed by atoms with Crippen molar-refractivity contribution in [1.82, 2.24) is 14.4 Å². The van der Waals surface area contributed by atoms with Gasteiger partial charge in [-0.3, -0.25) is 9.97 Å². The molecule has 6 aliphatic carbocycles. The maximum Gasteiger partial charge on any atom is 0.145 e. The molecule has 0 radical (unpaired) electrons. The number of fused-ring (bicyclic) bond motifs is 19. The maximum absolute atomic E-state index is 7.22. The molecule has 5 heterocycles.